The number of aliphatic imine (C=N–C) groups is 1. The van der Waals surface area contributed by atoms with E-state index in [0.717, 1.165) is 36.8 Å². The summed E-state index contributed by atoms with van der Waals surface area (Å²) < 4.78 is 14.3. The number of pyridine rings is 1. The van der Waals surface area contributed by atoms with E-state index >= 15 is 0 Å². The van der Waals surface area contributed by atoms with E-state index in [0.29, 0.717) is 28.4 Å². The molecule has 2 aliphatic carbocycles. The molecule has 0 saturated heterocycles. The van der Waals surface area contributed by atoms with Gasteiger partial charge in [0.1, 0.15) is 18.3 Å². The molecule has 3 aliphatic rings. The molecule has 1 saturated carbocycles. The minimum atomic E-state index is -1.61. The van der Waals surface area contributed by atoms with E-state index < -0.39 is 17.7 Å². The Labute approximate surface area is 227 Å². The van der Waals surface area contributed by atoms with Crippen LogP contribution in [-0.4, -0.2) is 57.6 Å². The second kappa shape index (κ2) is 11.0. The Morgan fingerprint density at radius 3 is 2.79 bits per heavy atom. The number of anilines is 1. The number of hydrogen-bond donors (Lipinski definition) is 4. The predicted molar refractivity (Wildman–Crippen MR) is 149 cm³/mol. The van der Waals surface area contributed by atoms with Crippen LogP contribution in [0.4, 0.5) is 10.1 Å². The number of hydrogen-bond acceptors (Lipinski definition) is 6. The van der Waals surface area contributed by atoms with Crippen molar-refractivity contribution in [3.05, 3.63) is 76.9 Å². The van der Waals surface area contributed by atoms with Crippen LogP contribution < -0.4 is 10.6 Å². The van der Waals surface area contributed by atoms with Crippen molar-refractivity contribution < 1.29 is 14.3 Å². The summed E-state index contributed by atoms with van der Waals surface area (Å²) in [4.78, 5) is 25.4. The number of aromatic amines is 1. The van der Waals surface area contributed by atoms with Crippen molar-refractivity contribution >= 4 is 23.4 Å². The van der Waals surface area contributed by atoms with Gasteiger partial charge in [0.25, 0.3) is 5.91 Å². The number of rotatable bonds is 8. The molecule has 5 rings (SSSR count). The highest BCUT2D eigenvalue weighted by Gasteiger charge is 2.30. The van der Waals surface area contributed by atoms with E-state index in [1.165, 1.54) is 25.6 Å². The number of allylic oxidation sites excluding steroid dienone is 3. The van der Waals surface area contributed by atoms with Gasteiger partial charge in [0.2, 0.25) is 0 Å². The third-order valence-corrected chi connectivity index (χ3v) is 7.71. The quantitative estimate of drug-likeness (QED) is 0.398. The second-order valence-electron chi connectivity index (χ2n) is 11.0. The van der Waals surface area contributed by atoms with Crippen molar-refractivity contribution in [3.8, 4) is 6.07 Å². The van der Waals surface area contributed by atoms with Gasteiger partial charge in [-0.05, 0) is 74.8 Å². The number of nitrogens with one attached hydrogen (secondary N) is 3. The number of fused-ring (bicyclic) bond motifs is 1. The average molecular weight is 529 g/mol. The summed E-state index contributed by atoms with van der Waals surface area (Å²) in [6.45, 7) is 2.43. The predicted octanol–water partition coefficient (Wildman–Crippen LogP) is 4.61. The number of nitrogens with zero attached hydrogens (tertiary/aromatic N) is 3. The van der Waals surface area contributed by atoms with Crippen LogP contribution in [0.3, 0.4) is 0 Å². The van der Waals surface area contributed by atoms with E-state index in [1.807, 2.05) is 30.5 Å². The van der Waals surface area contributed by atoms with Crippen molar-refractivity contribution in [3.63, 3.8) is 0 Å². The molecule has 2 aromatic heterocycles. The summed E-state index contributed by atoms with van der Waals surface area (Å²) in [6.07, 6.45) is 15.1. The molecule has 2 aromatic rings. The molecule has 0 radical (unpaired) electrons. The summed E-state index contributed by atoms with van der Waals surface area (Å²) >= 11 is 0. The Morgan fingerprint density at radius 1 is 1.31 bits per heavy atom. The first kappa shape index (κ1) is 26.6. The Bertz CT molecular complexity index is 1390. The van der Waals surface area contributed by atoms with Gasteiger partial charge in [-0.25, -0.2) is 4.39 Å². The van der Waals surface area contributed by atoms with Crippen LogP contribution in [0.15, 0.2) is 65.1 Å². The highest BCUT2D eigenvalue weighted by molar-refractivity contribution is 6.00. The zero-order valence-corrected chi connectivity index (χ0v) is 22.1. The molecule has 1 fully saturated rings. The first-order chi connectivity index (χ1) is 18.7. The van der Waals surface area contributed by atoms with E-state index in [9.17, 15) is 19.6 Å². The molecule has 1 amide bonds. The van der Waals surface area contributed by atoms with Crippen molar-refractivity contribution in [2.45, 2.75) is 69.3 Å². The van der Waals surface area contributed by atoms with Crippen molar-refractivity contribution in [2.75, 3.05) is 11.9 Å². The minimum Gasteiger partial charge on any atom is -0.387 e. The zero-order chi connectivity index (χ0) is 27.6. The average Bonchev–Trinajstić information content (AvgIpc) is 3.61. The van der Waals surface area contributed by atoms with Crippen LogP contribution in [0.5, 0.6) is 0 Å². The number of amides is 1. The van der Waals surface area contributed by atoms with Gasteiger partial charge in [0.15, 0.2) is 0 Å². The van der Waals surface area contributed by atoms with Crippen LogP contribution in [0.25, 0.3) is 5.57 Å². The summed E-state index contributed by atoms with van der Waals surface area (Å²) in [5, 5.41) is 25.3. The topological polar surface area (TPSA) is 126 Å². The highest BCUT2D eigenvalue weighted by atomic mass is 19.1. The molecule has 1 unspecified atom stereocenters. The fraction of sp³-hybridized carbons (Fsp3) is 0.400. The number of carbonyl (C=O) groups excluding carboxylic acids is 1. The lowest BCUT2D eigenvalue weighted by Gasteiger charge is -2.30. The van der Waals surface area contributed by atoms with Crippen LogP contribution in [-0.2, 0) is 0 Å². The number of halogens is 1. The molecule has 202 valence electrons. The Kier molecular flexibility index (Phi) is 7.49. The molecule has 3 heterocycles. The van der Waals surface area contributed by atoms with Gasteiger partial charge in [0.05, 0.1) is 34.7 Å². The highest BCUT2D eigenvalue weighted by Crippen LogP contribution is 2.37. The monoisotopic (exact) mass is 528 g/mol. The lowest BCUT2D eigenvalue weighted by molar-refractivity contribution is -0.00177. The largest absolute Gasteiger partial charge is 0.387 e. The standard InChI is InChI=1S/C30H33FN6O2/c1-30(2,39)27(31)17-36-29(38)24-16-34-25(23-8-5-20-11-18(13-32)14-35-28(20)23)12-26(24)37-22-6-3-19(4-7-22)21-9-10-33-15-21/h5,8-12,14-16,19,22,27-28,33,39H,3-4,6-7,17H2,1-2H3,(H,34,37)(H,36,38)/t19?,22?,27-,28?/m1/s1. The Hall–Kier alpha value is -4.03. The van der Waals surface area contributed by atoms with Crippen LogP contribution in [0, 0.1) is 11.3 Å². The summed E-state index contributed by atoms with van der Waals surface area (Å²) in [5.74, 6) is 0.0537. The van der Waals surface area contributed by atoms with Gasteiger partial charge in [-0.3, -0.25) is 14.8 Å². The molecular weight excluding hydrogens is 495 g/mol. The number of carbonyl (C=O) groups is 1. The maximum atomic E-state index is 14.3. The lowest BCUT2D eigenvalue weighted by Crippen LogP contribution is -2.42. The van der Waals surface area contributed by atoms with E-state index in [-0.39, 0.29) is 18.6 Å². The van der Waals surface area contributed by atoms with Crippen molar-refractivity contribution in [1.29, 1.82) is 5.26 Å². The van der Waals surface area contributed by atoms with Crippen molar-refractivity contribution in [1.82, 2.24) is 15.3 Å². The molecular formula is C30H33FN6O2. The first-order valence-electron chi connectivity index (χ1n) is 13.3. The number of alkyl halides is 1. The molecule has 1 aliphatic heterocycles. The van der Waals surface area contributed by atoms with Crippen LogP contribution >= 0.6 is 0 Å². The maximum absolute atomic E-state index is 14.3. The van der Waals surface area contributed by atoms with Gasteiger partial charge in [0, 0.05) is 36.4 Å². The van der Waals surface area contributed by atoms with Gasteiger partial charge in [-0.2, -0.15) is 5.26 Å². The summed E-state index contributed by atoms with van der Waals surface area (Å²) in [5.41, 5.74) is 3.69. The fourth-order valence-electron chi connectivity index (χ4n) is 5.32. The first-order valence-corrected chi connectivity index (χ1v) is 13.3. The third kappa shape index (κ3) is 5.86. The molecule has 2 atom stereocenters. The number of H-pyrrole nitrogens is 1. The smallest absolute Gasteiger partial charge is 0.255 e. The summed E-state index contributed by atoms with van der Waals surface area (Å²) in [6, 6.07) is 6.03. The van der Waals surface area contributed by atoms with E-state index in [2.05, 4.69) is 43.9 Å². The van der Waals surface area contributed by atoms with E-state index in [1.54, 1.807) is 6.21 Å². The molecule has 8 nitrogen and oxygen atoms in total. The third-order valence-electron chi connectivity index (χ3n) is 7.71. The number of aromatic nitrogens is 2. The Morgan fingerprint density at radius 2 is 2.10 bits per heavy atom. The van der Waals surface area contributed by atoms with E-state index in [4.69, 9.17) is 0 Å². The van der Waals surface area contributed by atoms with Gasteiger partial charge in [-0.15, -0.1) is 0 Å². The lowest BCUT2D eigenvalue weighted by atomic mass is 9.82. The van der Waals surface area contributed by atoms with Crippen LogP contribution in [0.2, 0.25) is 0 Å². The molecule has 0 aromatic carbocycles. The molecule has 39 heavy (non-hydrogen) atoms. The fourth-order valence-corrected chi connectivity index (χ4v) is 5.32. The minimum absolute atomic E-state index is 0.173. The molecule has 0 spiro atoms. The molecule has 0 bridgehead atoms. The van der Waals surface area contributed by atoms with Gasteiger partial charge < -0.3 is 20.7 Å². The number of dihydropyridines is 1. The van der Waals surface area contributed by atoms with Gasteiger partial charge >= 0.3 is 0 Å². The van der Waals surface area contributed by atoms with Gasteiger partial charge in [-0.1, -0.05) is 12.2 Å². The van der Waals surface area contributed by atoms with Crippen molar-refractivity contribution in [2.24, 2.45) is 4.99 Å². The van der Waals surface area contributed by atoms with Crippen LogP contribution in [0.1, 0.15) is 67.1 Å². The number of nitriles is 1. The number of aliphatic hydroxyl groups is 1. The normalized spacial score (nSPS) is 23.2. The zero-order valence-electron chi connectivity index (χ0n) is 22.1. The second-order valence-corrected chi connectivity index (χ2v) is 11.0. The molecule has 9 heteroatoms. The Balaban J connectivity index is 1.36. The molecule has 4 N–H and O–H groups in total. The maximum Gasteiger partial charge on any atom is 0.255 e. The summed E-state index contributed by atoms with van der Waals surface area (Å²) in [7, 11) is 0. The SMILES string of the molecule is CC(C)(O)[C@H](F)CNC(=O)c1cnc(C2=CC=C3C=C(C#N)C=NC32)cc1NC1CCC(c2cc[nH]c2)CC1.